The molecule has 2 aromatic carbocycles. The maximum Gasteiger partial charge on any atom is 0.108 e. The zero-order valence-corrected chi connectivity index (χ0v) is 14.2. The molecule has 0 saturated heterocycles. The van der Waals surface area contributed by atoms with Crippen LogP contribution in [0, 0.1) is 13.8 Å². The number of halogens is 1. The van der Waals surface area contributed by atoms with E-state index in [1.165, 1.54) is 27.8 Å². The molecule has 0 aliphatic rings. The quantitative estimate of drug-likeness (QED) is 0.576. The summed E-state index contributed by atoms with van der Waals surface area (Å²) in [6.07, 6.45) is 3.07. The highest BCUT2D eigenvalue weighted by molar-refractivity contribution is 5.65. The average molecular weight is 298 g/mol. The minimum Gasteiger partial charge on any atom is -0.244 e. The summed E-state index contributed by atoms with van der Waals surface area (Å²) in [7, 11) is 0. The van der Waals surface area contributed by atoms with Gasteiger partial charge in [-0.3, -0.25) is 0 Å². The highest BCUT2D eigenvalue weighted by Gasteiger charge is 2.19. The highest BCUT2D eigenvalue weighted by atomic mass is 19.1. The number of hydrogen-bond acceptors (Lipinski definition) is 0. The largest absolute Gasteiger partial charge is 0.244 e. The minimum atomic E-state index is -1.02. The van der Waals surface area contributed by atoms with E-state index in [1.807, 2.05) is 6.92 Å². The third-order valence-corrected chi connectivity index (χ3v) is 4.67. The van der Waals surface area contributed by atoms with Crippen LogP contribution >= 0.6 is 0 Å². The van der Waals surface area contributed by atoms with Gasteiger partial charge in [-0.1, -0.05) is 49.4 Å². The van der Waals surface area contributed by atoms with Crippen LogP contribution in [0.25, 0.3) is 11.1 Å². The highest BCUT2D eigenvalue weighted by Crippen LogP contribution is 2.25. The molecule has 0 spiro atoms. The second-order valence-electron chi connectivity index (χ2n) is 6.62. The van der Waals surface area contributed by atoms with Crippen LogP contribution in [0.15, 0.2) is 42.5 Å². The first-order valence-electron chi connectivity index (χ1n) is 8.27. The van der Waals surface area contributed by atoms with Crippen LogP contribution in [-0.2, 0) is 6.42 Å². The van der Waals surface area contributed by atoms with Crippen LogP contribution in [0.1, 0.15) is 49.8 Å². The van der Waals surface area contributed by atoms with Gasteiger partial charge in [-0.25, -0.2) is 4.39 Å². The van der Waals surface area contributed by atoms with Crippen LogP contribution in [0.3, 0.4) is 0 Å². The van der Waals surface area contributed by atoms with Gasteiger partial charge in [-0.2, -0.15) is 0 Å². The summed E-state index contributed by atoms with van der Waals surface area (Å²) in [6, 6.07) is 15.2. The number of hydrogen-bond donors (Lipinski definition) is 0. The molecule has 0 bridgehead atoms. The normalized spacial score (nSPS) is 13.9. The molecule has 118 valence electrons. The van der Waals surface area contributed by atoms with E-state index >= 15 is 0 Å². The van der Waals surface area contributed by atoms with Crippen LogP contribution in [0.5, 0.6) is 0 Å². The first kappa shape index (κ1) is 16.7. The molecule has 0 fully saturated rings. The topological polar surface area (TPSA) is 0 Å². The number of aryl methyl sites for hydroxylation is 3. The fourth-order valence-electron chi connectivity index (χ4n) is 2.67. The third-order valence-electron chi connectivity index (χ3n) is 4.67. The lowest BCUT2D eigenvalue weighted by Crippen LogP contribution is -2.16. The fourth-order valence-corrected chi connectivity index (χ4v) is 2.67. The summed E-state index contributed by atoms with van der Waals surface area (Å²) < 4.78 is 13.9. The Morgan fingerprint density at radius 2 is 1.68 bits per heavy atom. The van der Waals surface area contributed by atoms with Crippen molar-refractivity contribution in [1.82, 2.24) is 0 Å². The molecule has 0 radical (unpaired) electrons. The van der Waals surface area contributed by atoms with Crippen molar-refractivity contribution in [2.24, 2.45) is 0 Å². The second kappa shape index (κ2) is 7.09. The maximum atomic E-state index is 13.9. The Morgan fingerprint density at radius 3 is 2.36 bits per heavy atom. The lowest BCUT2D eigenvalue weighted by molar-refractivity contribution is 0.165. The minimum absolute atomic E-state index is 0.593. The van der Waals surface area contributed by atoms with Crippen LogP contribution in [0.4, 0.5) is 4.39 Å². The predicted octanol–water partition coefficient (Wildman–Crippen LogP) is 6.43. The molecule has 1 heteroatoms. The van der Waals surface area contributed by atoms with E-state index in [4.69, 9.17) is 0 Å². The molecule has 0 aliphatic carbocycles. The zero-order chi connectivity index (χ0) is 16.2. The molecular formula is C21H27F. The van der Waals surface area contributed by atoms with Crippen molar-refractivity contribution < 1.29 is 4.39 Å². The monoisotopic (exact) mass is 298 g/mol. The van der Waals surface area contributed by atoms with E-state index in [1.54, 1.807) is 6.92 Å². The lowest BCUT2D eigenvalue weighted by atomic mass is 9.94. The molecule has 1 unspecified atom stereocenters. The van der Waals surface area contributed by atoms with Gasteiger partial charge in [0.25, 0.3) is 0 Å². The Labute approximate surface area is 134 Å². The van der Waals surface area contributed by atoms with Gasteiger partial charge < -0.3 is 0 Å². The van der Waals surface area contributed by atoms with Gasteiger partial charge in [0.2, 0.25) is 0 Å². The summed E-state index contributed by atoms with van der Waals surface area (Å²) in [5.74, 6) is 0. The van der Waals surface area contributed by atoms with E-state index in [2.05, 4.69) is 56.3 Å². The van der Waals surface area contributed by atoms with Crippen LogP contribution in [0.2, 0.25) is 0 Å². The average Bonchev–Trinajstić information content (AvgIpc) is 2.50. The van der Waals surface area contributed by atoms with E-state index in [-0.39, 0.29) is 0 Å². The third kappa shape index (κ3) is 4.43. The number of alkyl halides is 1. The number of benzene rings is 2. The Bertz CT molecular complexity index is 626. The molecule has 2 aromatic rings. The van der Waals surface area contributed by atoms with Crippen molar-refractivity contribution in [3.8, 4) is 11.1 Å². The molecule has 0 aliphatic heterocycles. The Hall–Kier alpha value is -1.63. The van der Waals surface area contributed by atoms with Gasteiger partial charge in [-0.05, 0) is 74.3 Å². The first-order chi connectivity index (χ1) is 10.4. The molecule has 2 rings (SSSR count). The van der Waals surface area contributed by atoms with E-state index in [0.717, 1.165) is 12.8 Å². The molecular weight excluding hydrogens is 271 g/mol. The Balaban J connectivity index is 2.08. The van der Waals surface area contributed by atoms with E-state index in [0.29, 0.717) is 12.8 Å². The summed E-state index contributed by atoms with van der Waals surface area (Å²) in [5, 5.41) is 0. The van der Waals surface area contributed by atoms with E-state index in [9.17, 15) is 4.39 Å². The van der Waals surface area contributed by atoms with Crippen molar-refractivity contribution in [3.05, 3.63) is 59.2 Å². The molecule has 1 atom stereocenters. The van der Waals surface area contributed by atoms with Crippen molar-refractivity contribution in [2.75, 3.05) is 0 Å². The molecule has 0 amide bonds. The van der Waals surface area contributed by atoms with Crippen LogP contribution < -0.4 is 0 Å². The second-order valence-corrected chi connectivity index (χ2v) is 6.62. The molecule has 0 aromatic heterocycles. The first-order valence-corrected chi connectivity index (χ1v) is 8.27. The van der Waals surface area contributed by atoms with Crippen molar-refractivity contribution in [1.29, 1.82) is 0 Å². The molecule has 0 N–H and O–H groups in total. The maximum absolute atomic E-state index is 13.9. The molecule has 0 nitrogen and oxygen atoms in total. The smallest absolute Gasteiger partial charge is 0.108 e. The van der Waals surface area contributed by atoms with Gasteiger partial charge in [0.1, 0.15) is 5.67 Å². The number of rotatable bonds is 6. The summed E-state index contributed by atoms with van der Waals surface area (Å²) in [5.41, 5.74) is 5.42. The van der Waals surface area contributed by atoms with E-state index < -0.39 is 5.67 Å². The van der Waals surface area contributed by atoms with Gasteiger partial charge in [0.05, 0.1) is 0 Å². The lowest BCUT2D eigenvalue weighted by Gasteiger charge is -2.17. The molecule has 22 heavy (non-hydrogen) atoms. The summed E-state index contributed by atoms with van der Waals surface area (Å²) >= 11 is 0. The van der Waals surface area contributed by atoms with Gasteiger partial charge >= 0.3 is 0 Å². The summed E-state index contributed by atoms with van der Waals surface area (Å²) in [6.45, 7) is 7.91. The van der Waals surface area contributed by atoms with Crippen molar-refractivity contribution in [2.45, 2.75) is 59.0 Å². The van der Waals surface area contributed by atoms with Crippen LogP contribution in [-0.4, -0.2) is 5.67 Å². The Kier molecular flexibility index (Phi) is 5.39. The zero-order valence-electron chi connectivity index (χ0n) is 14.2. The van der Waals surface area contributed by atoms with Gasteiger partial charge in [0, 0.05) is 0 Å². The standard InChI is InChI=1S/C21H27F/c1-5-21(4,22)13-7-9-18-8-6-10-19(15-18)20-12-11-16(2)17(3)14-20/h6,8,10-12,14-15H,5,7,9,13H2,1-4H3. The van der Waals surface area contributed by atoms with Crippen molar-refractivity contribution in [3.63, 3.8) is 0 Å². The molecule has 0 saturated carbocycles. The van der Waals surface area contributed by atoms with Crippen molar-refractivity contribution >= 4 is 0 Å². The predicted molar refractivity (Wildman–Crippen MR) is 94.1 cm³/mol. The fraction of sp³-hybridized carbons (Fsp3) is 0.429. The Morgan fingerprint density at radius 1 is 0.955 bits per heavy atom. The van der Waals surface area contributed by atoms with Gasteiger partial charge in [-0.15, -0.1) is 0 Å². The SMILES string of the molecule is CCC(C)(F)CCCc1cccc(-c2ccc(C)c(C)c2)c1. The molecule has 0 heterocycles. The summed E-state index contributed by atoms with van der Waals surface area (Å²) in [4.78, 5) is 0. The van der Waals surface area contributed by atoms with Gasteiger partial charge in [0.15, 0.2) is 0 Å².